The highest BCUT2D eigenvalue weighted by Crippen LogP contribution is 2.05. The minimum atomic E-state index is 0.145. The van der Waals surface area contributed by atoms with Crippen molar-refractivity contribution in [2.45, 2.75) is 40.2 Å². The second-order valence-corrected chi connectivity index (χ2v) is 3.55. The molecule has 15 heavy (non-hydrogen) atoms. The van der Waals surface area contributed by atoms with Gasteiger partial charge in [0.25, 0.3) is 0 Å². The number of rotatable bonds is 5. The van der Waals surface area contributed by atoms with Crippen LogP contribution in [0.2, 0.25) is 0 Å². The minimum absolute atomic E-state index is 0.145. The maximum absolute atomic E-state index is 11.5. The highest BCUT2D eigenvalue weighted by Gasteiger charge is 2.06. The Bertz CT molecular complexity index is 364. The molecule has 0 aliphatic heterocycles. The normalized spacial score (nSPS) is 11.1. The Morgan fingerprint density at radius 2 is 2.27 bits per heavy atom. The van der Waals surface area contributed by atoms with E-state index in [9.17, 15) is 4.79 Å². The summed E-state index contributed by atoms with van der Waals surface area (Å²) in [6.45, 7) is 6.81. The van der Waals surface area contributed by atoms with Crippen molar-refractivity contribution in [2.75, 3.05) is 0 Å². The quantitative estimate of drug-likeness (QED) is 0.693. The molecule has 0 N–H and O–H groups in total. The molecule has 1 heterocycles. The zero-order valence-corrected chi connectivity index (χ0v) is 9.66. The topological polar surface area (TPSA) is 34.9 Å². The van der Waals surface area contributed by atoms with Gasteiger partial charge in [-0.2, -0.15) is 5.10 Å². The van der Waals surface area contributed by atoms with Gasteiger partial charge in [-0.1, -0.05) is 13.0 Å². The zero-order chi connectivity index (χ0) is 11.3. The molecule has 0 atom stereocenters. The van der Waals surface area contributed by atoms with E-state index >= 15 is 0 Å². The summed E-state index contributed by atoms with van der Waals surface area (Å²) < 4.78 is 1.88. The molecule has 0 radical (unpaired) electrons. The largest absolute Gasteiger partial charge is 0.294 e. The standard InChI is InChI=1S/C12H18N2O/c1-4-6-7-12(15)9-11-8-10(3)13-14(11)5-2/h6-8H,4-5,9H2,1-3H3/b7-6+. The Labute approximate surface area is 90.8 Å². The molecule has 0 unspecified atom stereocenters. The molecule has 1 aromatic rings. The third-order valence-corrected chi connectivity index (χ3v) is 2.18. The minimum Gasteiger partial charge on any atom is -0.294 e. The Morgan fingerprint density at radius 1 is 1.53 bits per heavy atom. The van der Waals surface area contributed by atoms with E-state index in [-0.39, 0.29) is 5.78 Å². The zero-order valence-electron chi connectivity index (χ0n) is 9.66. The lowest BCUT2D eigenvalue weighted by Gasteiger charge is -2.01. The van der Waals surface area contributed by atoms with Gasteiger partial charge in [0.1, 0.15) is 0 Å². The Hall–Kier alpha value is -1.38. The van der Waals surface area contributed by atoms with Crippen molar-refractivity contribution in [3.8, 4) is 0 Å². The summed E-state index contributed by atoms with van der Waals surface area (Å²) in [4.78, 5) is 11.5. The van der Waals surface area contributed by atoms with Gasteiger partial charge < -0.3 is 0 Å². The van der Waals surface area contributed by atoms with Crippen LogP contribution in [0.25, 0.3) is 0 Å². The molecule has 0 bridgehead atoms. The predicted molar refractivity (Wildman–Crippen MR) is 60.8 cm³/mol. The summed E-state index contributed by atoms with van der Waals surface area (Å²) in [6.07, 6.45) is 4.90. The summed E-state index contributed by atoms with van der Waals surface area (Å²) in [5.74, 6) is 0.145. The number of carbonyl (C=O) groups is 1. The number of carbonyl (C=O) groups excluding carboxylic acids is 1. The van der Waals surface area contributed by atoms with Crippen molar-refractivity contribution in [2.24, 2.45) is 0 Å². The molecule has 1 aromatic heterocycles. The third kappa shape index (κ3) is 3.35. The van der Waals surface area contributed by atoms with E-state index in [2.05, 4.69) is 5.10 Å². The van der Waals surface area contributed by atoms with E-state index in [4.69, 9.17) is 0 Å². The summed E-state index contributed by atoms with van der Waals surface area (Å²) in [7, 11) is 0. The van der Waals surface area contributed by atoms with E-state index in [1.807, 2.05) is 37.6 Å². The SMILES string of the molecule is CC/C=C/C(=O)Cc1cc(C)nn1CC. The van der Waals surface area contributed by atoms with Gasteiger partial charge in [0, 0.05) is 12.2 Å². The van der Waals surface area contributed by atoms with Gasteiger partial charge in [-0.05, 0) is 32.4 Å². The van der Waals surface area contributed by atoms with E-state index in [0.29, 0.717) is 6.42 Å². The molecule has 0 fully saturated rings. The molecular formula is C12H18N2O. The summed E-state index contributed by atoms with van der Waals surface area (Å²) in [6, 6.07) is 1.97. The van der Waals surface area contributed by atoms with Gasteiger partial charge >= 0.3 is 0 Å². The average Bonchev–Trinajstić information content (AvgIpc) is 2.55. The number of aromatic nitrogens is 2. The van der Waals surface area contributed by atoms with E-state index in [1.165, 1.54) is 0 Å². The molecule has 0 aliphatic rings. The number of hydrogen-bond acceptors (Lipinski definition) is 2. The number of aryl methyl sites for hydroxylation is 2. The van der Waals surface area contributed by atoms with Crippen LogP contribution in [-0.4, -0.2) is 15.6 Å². The van der Waals surface area contributed by atoms with Crippen molar-refractivity contribution in [1.29, 1.82) is 0 Å². The number of hydrogen-bond donors (Lipinski definition) is 0. The van der Waals surface area contributed by atoms with E-state index in [1.54, 1.807) is 6.08 Å². The molecule has 3 nitrogen and oxygen atoms in total. The number of allylic oxidation sites excluding steroid dienone is 2. The van der Waals surface area contributed by atoms with Crippen LogP contribution in [0.4, 0.5) is 0 Å². The molecular weight excluding hydrogens is 188 g/mol. The predicted octanol–water partition coefficient (Wildman–Crippen LogP) is 2.29. The first kappa shape index (κ1) is 11.7. The van der Waals surface area contributed by atoms with Crippen molar-refractivity contribution >= 4 is 5.78 Å². The van der Waals surface area contributed by atoms with Gasteiger partial charge in [-0.15, -0.1) is 0 Å². The van der Waals surface area contributed by atoms with Gasteiger partial charge in [0.2, 0.25) is 0 Å². The smallest absolute Gasteiger partial charge is 0.161 e. The lowest BCUT2D eigenvalue weighted by atomic mass is 10.2. The molecule has 0 aliphatic carbocycles. The van der Waals surface area contributed by atoms with Crippen LogP contribution in [0, 0.1) is 6.92 Å². The monoisotopic (exact) mass is 206 g/mol. The molecule has 0 amide bonds. The molecule has 0 aromatic carbocycles. The van der Waals surface area contributed by atoms with Gasteiger partial charge in [-0.3, -0.25) is 9.48 Å². The average molecular weight is 206 g/mol. The first-order valence-electron chi connectivity index (χ1n) is 5.40. The Kier molecular flexibility index (Phi) is 4.28. The summed E-state index contributed by atoms with van der Waals surface area (Å²) in [5.41, 5.74) is 1.97. The molecule has 0 saturated carbocycles. The number of nitrogens with zero attached hydrogens (tertiary/aromatic N) is 2. The molecule has 0 saturated heterocycles. The second-order valence-electron chi connectivity index (χ2n) is 3.55. The molecule has 82 valence electrons. The molecule has 3 heteroatoms. The maximum Gasteiger partial charge on any atom is 0.161 e. The fourth-order valence-corrected chi connectivity index (χ4v) is 1.50. The van der Waals surface area contributed by atoms with Gasteiger partial charge in [0.15, 0.2) is 5.78 Å². The second kappa shape index (κ2) is 5.49. The lowest BCUT2D eigenvalue weighted by Crippen LogP contribution is -2.07. The van der Waals surface area contributed by atoms with Crippen molar-refractivity contribution in [3.63, 3.8) is 0 Å². The van der Waals surface area contributed by atoms with Crippen molar-refractivity contribution < 1.29 is 4.79 Å². The molecule has 0 spiro atoms. The van der Waals surface area contributed by atoms with Crippen LogP contribution in [0.3, 0.4) is 0 Å². The lowest BCUT2D eigenvalue weighted by molar-refractivity contribution is -0.114. The van der Waals surface area contributed by atoms with Crippen LogP contribution in [0.1, 0.15) is 31.7 Å². The van der Waals surface area contributed by atoms with Crippen LogP contribution >= 0.6 is 0 Å². The maximum atomic E-state index is 11.5. The van der Waals surface area contributed by atoms with E-state index in [0.717, 1.165) is 24.4 Å². The highest BCUT2D eigenvalue weighted by atomic mass is 16.1. The van der Waals surface area contributed by atoms with Crippen LogP contribution in [0.5, 0.6) is 0 Å². The molecule has 1 rings (SSSR count). The van der Waals surface area contributed by atoms with Crippen molar-refractivity contribution in [3.05, 3.63) is 29.6 Å². The van der Waals surface area contributed by atoms with Crippen LogP contribution < -0.4 is 0 Å². The third-order valence-electron chi connectivity index (χ3n) is 2.18. The Morgan fingerprint density at radius 3 is 2.87 bits per heavy atom. The van der Waals surface area contributed by atoms with Crippen LogP contribution in [-0.2, 0) is 17.8 Å². The first-order chi connectivity index (χ1) is 7.17. The fraction of sp³-hybridized carbons (Fsp3) is 0.500. The van der Waals surface area contributed by atoms with Gasteiger partial charge in [-0.25, -0.2) is 0 Å². The highest BCUT2D eigenvalue weighted by molar-refractivity contribution is 5.91. The van der Waals surface area contributed by atoms with E-state index < -0.39 is 0 Å². The summed E-state index contributed by atoms with van der Waals surface area (Å²) >= 11 is 0. The van der Waals surface area contributed by atoms with Gasteiger partial charge in [0.05, 0.1) is 12.1 Å². The first-order valence-corrected chi connectivity index (χ1v) is 5.40. The number of ketones is 1. The van der Waals surface area contributed by atoms with Crippen LogP contribution in [0.15, 0.2) is 18.2 Å². The summed E-state index contributed by atoms with van der Waals surface area (Å²) in [5, 5.41) is 4.30. The van der Waals surface area contributed by atoms with Crippen molar-refractivity contribution in [1.82, 2.24) is 9.78 Å². The fourth-order valence-electron chi connectivity index (χ4n) is 1.50. The Balaban J connectivity index is 2.71.